The van der Waals surface area contributed by atoms with E-state index >= 15 is 0 Å². The lowest BCUT2D eigenvalue weighted by Gasteiger charge is -2.27. The predicted octanol–water partition coefficient (Wildman–Crippen LogP) is 3.13. The third-order valence-electron chi connectivity index (χ3n) is 5.44. The zero-order valence-corrected chi connectivity index (χ0v) is 15.5. The summed E-state index contributed by atoms with van der Waals surface area (Å²) in [6, 6.07) is 24.5. The lowest BCUT2D eigenvalue weighted by Crippen LogP contribution is -2.40. The van der Waals surface area contributed by atoms with Gasteiger partial charge in [-0.15, -0.1) is 0 Å². The second kappa shape index (κ2) is 6.63. The number of hydrogen-bond donors (Lipinski definition) is 1. The highest BCUT2D eigenvalue weighted by atomic mass is 16.4. The number of carboxylic acids is 1. The van der Waals surface area contributed by atoms with Gasteiger partial charge in [0.1, 0.15) is 0 Å². The second-order valence-electron chi connectivity index (χ2n) is 7.12. The number of aromatic amines is 1. The maximum atomic E-state index is 13.0. The third-order valence-corrected chi connectivity index (χ3v) is 5.44. The zero-order valence-electron chi connectivity index (χ0n) is 15.5. The first-order valence-corrected chi connectivity index (χ1v) is 9.41. The van der Waals surface area contributed by atoms with E-state index in [-0.39, 0.29) is 5.91 Å². The standard InChI is InChI=1S/C24H18N2O3/c27-20(28)14-26-23(16-10-4-5-11-17(16)24(26)29)21-18-12-6-7-13-19(18)25-22(21)15-8-2-1-3-9-15/h1-13,23,25H,14H2,(H,27,28)/p-1/t23-/m0/s1. The van der Waals surface area contributed by atoms with Crippen LogP contribution in [0, 0.1) is 0 Å². The number of carboxylic acid groups (broad SMARTS) is 1. The Bertz CT molecular complexity index is 1240. The normalized spacial score (nSPS) is 15.7. The summed E-state index contributed by atoms with van der Waals surface area (Å²) in [5.74, 6) is -1.57. The van der Waals surface area contributed by atoms with Crippen molar-refractivity contribution in [1.82, 2.24) is 9.88 Å². The van der Waals surface area contributed by atoms with Gasteiger partial charge in [-0.3, -0.25) is 4.79 Å². The maximum Gasteiger partial charge on any atom is 0.255 e. The molecule has 5 heteroatoms. The molecule has 5 nitrogen and oxygen atoms in total. The molecule has 2 heterocycles. The van der Waals surface area contributed by atoms with Crippen LogP contribution in [-0.4, -0.2) is 28.3 Å². The Labute approximate surface area is 167 Å². The summed E-state index contributed by atoms with van der Waals surface area (Å²) in [6.45, 7) is -0.466. The molecule has 5 rings (SSSR count). The van der Waals surface area contributed by atoms with Gasteiger partial charge >= 0.3 is 0 Å². The molecule has 1 amide bonds. The van der Waals surface area contributed by atoms with Crippen LogP contribution < -0.4 is 5.11 Å². The van der Waals surface area contributed by atoms with Crippen LogP contribution >= 0.6 is 0 Å². The molecule has 1 aliphatic heterocycles. The van der Waals surface area contributed by atoms with Gasteiger partial charge in [-0.25, -0.2) is 0 Å². The Morgan fingerprint density at radius 3 is 2.41 bits per heavy atom. The van der Waals surface area contributed by atoms with Crippen LogP contribution in [0.15, 0.2) is 78.9 Å². The molecule has 3 aromatic carbocycles. The minimum absolute atomic E-state index is 0.293. The first-order chi connectivity index (χ1) is 14.1. The molecule has 0 radical (unpaired) electrons. The molecule has 1 aromatic heterocycles. The average Bonchev–Trinajstić information content (AvgIpc) is 3.24. The molecule has 0 spiro atoms. The highest BCUT2D eigenvalue weighted by molar-refractivity contribution is 6.03. The highest BCUT2D eigenvalue weighted by Crippen LogP contribution is 2.45. The summed E-state index contributed by atoms with van der Waals surface area (Å²) < 4.78 is 0. The Balaban J connectivity index is 1.82. The molecule has 0 saturated heterocycles. The van der Waals surface area contributed by atoms with Gasteiger partial charge in [-0.2, -0.15) is 0 Å². The van der Waals surface area contributed by atoms with Crippen LogP contribution in [-0.2, 0) is 4.79 Å². The Hall–Kier alpha value is -3.86. The number of carbonyl (C=O) groups excluding carboxylic acids is 2. The molecule has 1 N–H and O–H groups in total. The predicted molar refractivity (Wildman–Crippen MR) is 108 cm³/mol. The maximum absolute atomic E-state index is 13.0. The van der Waals surface area contributed by atoms with Crippen molar-refractivity contribution in [3.05, 3.63) is 95.6 Å². The number of benzene rings is 3. The van der Waals surface area contributed by atoms with Gasteiger partial charge in [0.15, 0.2) is 0 Å². The third kappa shape index (κ3) is 2.70. The van der Waals surface area contributed by atoms with Crippen molar-refractivity contribution >= 4 is 22.8 Å². The molecule has 0 unspecified atom stereocenters. The minimum atomic E-state index is -1.28. The van der Waals surface area contributed by atoms with Gasteiger partial charge in [-0.1, -0.05) is 66.7 Å². The number of H-pyrrole nitrogens is 1. The molecule has 0 bridgehead atoms. The fourth-order valence-corrected chi connectivity index (χ4v) is 4.26. The van der Waals surface area contributed by atoms with Gasteiger partial charge in [0.2, 0.25) is 0 Å². The quantitative estimate of drug-likeness (QED) is 0.590. The topological polar surface area (TPSA) is 76.2 Å². The van der Waals surface area contributed by atoms with Crippen molar-refractivity contribution in [1.29, 1.82) is 0 Å². The average molecular weight is 381 g/mol. The fourth-order valence-electron chi connectivity index (χ4n) is 4.26. The number of nitrogens with one attached hydrogen (secondary N) is 1. The second-order valence-corrected chi connectivity index (χ2v) is 7.12. The molecule has 1 atom stereocenters. The number of amides is 1. The zero-order chi connectivity index (χ0) is 20.0. The fraction of sp³-hybridized carbons (Fsp3) is 0.0833. The molecule has 0 fully saturated rings. The van der Waals surface area contributed by atoms with E-state index in [0.29, 0.717) is 5.56 Å². The smallest absolute Gasteiger partial charge is 0.255 e. The van der Waals surface area contributed by atoms with Crippen molar-refractivity contribution in [2.75, 3.05) is 6.54 Å². The molecule has 142 valence electrons. The number of aromatic nitrogens is 1. The largest absolute Gasteiger partial charge is 0.548 e. The van der Waals surface area contributed by atoms with Crippen molar-refractivity contribution in [3.8, 4) is 11.3 Å². The number of carbonyl (C=O) groups is 2. The van der Waals surface area contributed by atoms with Crippen LogP contribution in [0.5, 0.6) is 0 Å². The number of hydrogen-bond acceptors (Lipinski definition) is 3. The van der Waals surface area contributed by atoms with E-state index < -0.39 is 18.6 Å². The van der Waals surface area contributed by atoms with Crippen LogP contribution in [0.25, 0.3) is 22.2 Å². The Kier molecular flexibility index (Phi) is 3.95. The Morgan fingerprint density at radius 1 is 0.931 bits per heavy atom. The van der Waals surface area contributed by atoms with Crippen LogP contribution in [0.4, 0.5) is 0 Å². The van der Waals surface area contributed by atoms with Crippen molar-refractivity contribution in [2.45, 2.75) is 6.04 Å². The van der Waals surface area contributed by atoms with E-state index in [1.165, 1.54) is 4.90 Å². The van der Waals surface area contributed by atoms with E-state index in [0.717, 1.165) is 33.3 Å². The summed E-state index contributed by atoms with van der Waals surface area (Å²) in [4.78, 5) is 29.4. The minimum Gasteiger partial charge on any atom is -0.548 e. The lowest BCUT2D eigenvalue weighted by atomic mass is 9.93. The molecular formula is C24H17N2O3-. The molecular weight excluding hydrogens is 364 g/mol. The molecule has 0 saturated carbocycles. The van der Waals surface area contributed by atoms with Gasteiger partial charge < -0.3 is 19.8 Å². The van der Waals surface area contributed by atoms with Crippen molar-refractivity contribution in [2.24, 2.45) is 0 Å². The first kappa shape index (κ1) is 17.3. The van der Waals surface area contributed by atoms with Crippen LogP contribution in [0.2, 0.25) is 0 Å². The van der Waals surface area contributed by atoms with Crippen molar-refractivity contribution in [3.63, 3.8) is 0 Å². The van der Waals surface area contributed by atoms with E-state index in [4.69, 9.17) is 0 Å². The Morgan fingerprint density at radius 2 is 1.62 bits per heavy atom. The van der Waals surface area contributed by atoms with Crippen LogP contribution in [0.1, 0.15) is 27.5 Å². The first-order valence-electron chi connectivity index (χ1n) is 9.41. The van der Waals surface area contributed by atoms with Crippen molar-refractivity contribution < 1.29 is 14.7 Å². The molecule has 4 aromatic rings. The van der Waals surface area contributed by atoms with E-state index in [1.807, 2.05) is 66.7 Å². The summed E-state index contributed by atoms with van der Waals surface area (Å²) >= 11 is 0. The summed E-state index contributed by atoms with van der Waals surface area (Å²) in [7, 11) is 0. The van der Waals surface area contributed by atoms with E-state index in [9.17, 15) is 14.7 Å². The number of fused-ring (bicyclic) bond motifs is 2. The van der Waals surface area contributed by atoms with Crippen LogP contribution in [0.3, 0.4) is 0 Å². The van der Waals surface area contributed by atoms with E-state index in [1.54, 1.807) is 12.1 Å². The van der Waals surface area contributed by atoms with Gasteiger partial charge in [0.25, 0.3) is 5.91 Å². The number of rotatable bonds is 4. The number of nitrogens with zero attached hydrogens (tertiary/aromatic N) is 1. The van der Waals surface area contributed by atoms with Gasteiger partial charge in [0, 0.05) is 22.0 Å². The van der Waals surface area contributed by atoms with Gasteiger partial charge in [-0.05, 0) is 23.3 Å². The SMILES string of the molecule is O=C([O-])CN1C(=O)c2ccccc2[C@H]1c1c(-c2ccccc2)[nH]c2ccccc12. The van der Waals surface area contributed by atoms with Gasteiger partial charge in [0.05, 0.1) is 24.2 Å². The molecule has 0 aliphatic carbocycles. The molecule has 29 heavy (non-hydrogen) atoms. The van der Waals surface area contributed by atoms with E-state index in [2.05, 4.69) is 4.98 Å². The number of aliphatic carboxylic acids is 1. The monoisotopic (exact) mass is 381 g/mol. The lowest BCUT2D eigenvalue weighted by molar-refractivity contribution is -0.305. The molecule has 1 aliphatic rings. The summed E-state index contributed by atoms with van der Waals surface area (Å²) in [5, 5.41) is 12.4. The summed E-state index contributed by atoms with van der Waals surface area (Å²) in [5.41, 5.74) is 5.02. The number of para-hydroxylation sites is 1. The summed E-state index contributed by atoms with van der Waals surface area (Å²) in [6.07, 6.45) is 0. The highest BCUT2D eigenvalue weighted by Gasteiger charge is 2.39.